The number of amides is 1. The highest BCUT2D eigenvalue weighted by Crippen LogP contribution is 2.47. The van der Waals surface area contributed by atoms with E-state index in [2.05, 4.69) is 39.8 Å². The van der Waals surface area contributed by atoms with Gasteiger partial charge in [-0.15, -0.1) is 0 Å². The topological polar surface area (TPSA) is 65.8 Å². The molecule has 2 aromatic carbocycles. The Morgan fingerprint density at radius 1 is 0.919 bits per heavy atom. The molecular weight excluding hydrogens is 462 g/mol. The lowest BCUT2D eigenvalue weighted by atomic mass is 9.81. The molecule has 1 saturated carbocycles. The summed E-state index contributed by atoms with van der Waals surface area (Å²) in [6.45, 7) is 6.09. The molecule has 2 fully saturated rings. The molecule has 0 bridgehead atoms. The van der Waals surface area contributed by atoms with Gasteiger partial charge in [0.1, 0.15) is 0 Å². The molecule has 3 heterocycles. The first kappa shape index (κ1) is 24.1. The summed E-state index contributed by atoms with van der Waals surface area (Å²) in [6.07, 6.45) is 8.32. The number of benzene rings is 2. The van der Waals surface area contributed by atoms with E-state index >= 15 is 0 Å². The van der Waals surface area contributed by atoms with Gasteiger partial charge < -0.3 is 19.5 Å². The minimum Gasteiger partial charge on any atom is -0.478 e. The average Bonchev–Trinajstić information content (AvgIpc) is 3.16. The van der Waals surface area contributed by atoms with E-state index in [1.54, 1.807) is 13.0 Å². The molecule has 6 heteroatoms. The Morgan fingerprint density at radius 2 is 1.68 bits per heavy atom. The van der Waals surface area contributed by atoms with Crippen LogP contribution in [0.5, 0.6) is 0 Å². The normalized spacial score (nSPS) is 18.9. The number of fused-ring (bicyclic) bond motifs is 5. The third-order valence-electron chi connectivity index (χ3n) is 9.00. The Morgan fingerprint density at radius 3 is 2.41 bits per heavy atom. The zero-order valence-electron chi connectivity index (χ0n) is 21.8. The van der Waals surface area contributed by atoms with Crippen molar-refractivity contribution in [2.24, 2.45) is 5.92 Å². The zero-order chi connectivity index (χ0) is 25.5. The number of carboxylic acid groups (broad SMARTS) is 1. The van der Waals surface area contributed by atoms with Gasteiger partial charge in [0.15, 0.2) is 0 Å². The quantitative estimate of drug-likeness (QED) is 0.469. The predicted octanol–water partition coefficient (Wildman–Crippen LogP) is 6.13. The average molecular weight is 500 g/mol. The zero-order valence-corrected chi connectivity index (χ0v) is 21.8. The molecule has 0 atom stereocenters. The number of piperidine rings is 1. The largest absolute Gasteiger partial charge is 0.478 e. The number of carbonyl (C=O) groups is 2. The molecule has 2 aliphatic heterocycles. The van der Waals surface area contributed by atoms with Crippen molar-refractivity contribution < 1.29 is 14.7 Å². The molecule has 1 N–H and O–H groups in total. The van der Waals surface area contributed by atoms with Crippen LogP contribution in [0, 0.1) is 5.92 Å². The molecular formula is C31H37N3O3. The number of hydrogen-bond acceptors (Lipinski definition) is 3. The van der Waals surface area contributed by atoms with Gasteiger partial charge in [-0.05, 0) is 61.3 Å². The van der Waals surface area contributed by atoms with Crippen molar-refractivity contribution in [3.05, 3.63) is 53.6 Å². The fraction of sp³-hybridized carbons (Fsp3) is 0.484. The molecule has 1 saturated heterocycles. The number of aromatic nitrogens is 1. The predicted molar refractivity (Wildman–Crippen MR) is 147 cm³/mol. The van der Waals surface area contributed by atoms with Crippen LogP contribution in [0.25, 0.3) is 22.2 Å². The van der Waals surface area contributed by atoms with E-state index in [1.165, 1.54) is 60.0 Å². The number of para-hydroxylation sites is 1. The highest BCUT2D eigenvalue weighted by Gasteiger charge is 2.31. The SMILES string of the molecule is CC(=O)N1CCC(CN2CCn3c(c(C4CCCCC4)c4ccc(C(=O)O)cc43)-c3ccccc32)CC1. The number of nitrogens with zero attached hydrogens (tertiary/aromatic N) is 3. The first-order valence-corrected chi connectivity index (χ1v) is 14.0. The van der Waals surface area contributed by atoms with Gasteiger partial charge in [-0.1, -0.05) is 43.5 Å². The number of aromatic carboxylic acids is 1. The summed E-state index contributed by atoms with van der Waals surface area (Å²) in [5.41, 5.74) is 6.70. The van der Waals surface area contributed by atoms with Crippen LogP contribution in [0.2, 0.25) is 0 Å². The van der Waals surface area contributed by atoms with E-state index in [9.17, 15) is 14.7 Å². The lowest BCUT2D eigenvalue weighted by Gasteiger charge is -2.35. The van der Waals surface area contributed by atoms with Gasteiger partial charge in [0.2, 0.25) is 5.91 Å². The lowest BCUT2D eigenvalue weighted by Crippen LogP contribution is -2.41. The van der Waals surface area contributed by atoms with Crippen LogP contribution in [0.1, 0.15) is 73.7 Å². The Kier molecular flexibility index (Phi) is 6.43. The molecule has 0 radical (unpaired) electrons. The number of rotatable bonds is 4. The first-order valence-electron chi connectivity index (χ1n) is 14.0. The van der Waals surface area contributed by atoms with Crippen LogP contribution in [0.3, 0.4) is 0 Å². The monoisotopic (exact) mass is 499 g/mol. The van der Waals surface area contributed by atoms with Crippen molar-refractivity contribution in [2.45, 2.75) is 64.3 Å². The molecule has 194 valence electrons. The molecule has 6 nitrogen and oxygen atoms in total. The second-order valence-electron chi connectivity index (χ2n) is 11.2. The van der Waals surface area contributed by atoms with Crippen LogP contribution < -0.4 is 4.90 Å². The second-order valence-corrected chi connectivity index (χ2v) is 11.2. The Balaban J connectivity index is 1.43. The smallest absolute Gasteiger partial charge is 0.335 e. The van der Waals surface area contributed by atoms with Crippen molar-refractivity contribution in [3.63, 3.8) is 0 Å². The van der Waals surface area contributed by atoms with E-state index in [-0.39, 0.29) is 5.91 Å². The molecule has 0 spiro atoms. The van der Waals surface area contributed by atoms with Crippen molar-refractivity contribution in [1.82, 2.24) is 9.47 Å². The summed E-state index contributed by atoms with van der Waals surface area (Å²) in [5, 5.41) is 11.0. The minimum atomic E-state index is -0.871. The fourth-order valence-corrected chi connectivity index (χ4v) is 7.06. The maximum Gasteiger partial charge on any atom is 0.335 e. The van der Waals surface area contributed by atoms with Gasteiger partial charge in [0.25, 0.3) is 0 Å². The summed E-state index contributed by atoms with van der Waals surface area (Å²) in [5.74, 6) is 0.387. The number of likely N-dealkylation sites (tertiary alicyclic amines) is 1. The molecule has 37 heavy (non-hydrogen) atoms. The summed E-state index contributed by atoms with van der Waals surface area (Å²) >= 11 is 0. The second kappa shape index (κ2) is 9.88. The third kappa shape index (κ3) is 4.41. The molecule has 6 rings (SSSR count). The highest BCUT2D eigenvalue weighted by atomic mass is 16.4. The van der Waals surface area contributed by atoms with E-state index in [1.807, 2.05) is 11.0 Å². The van der Waals surface area contributed by atoms with E-state index in [4.69, 9.17) is 0 Å². The van der Waals surface area contributed by atoms with E-state index in [0.29, 0.717) is 17.4 Å². The van der Waals surface area contributed by atoms with Gasteiger partial charge in [0, 0.05) is 61.8 Å². The summed E-state index contributed by atoms with van der Waals surface area (Å²) in [7, 11) is 0. The standard InChI is InChI=1S/C31H37N3O3/c1-21(35)32-15-13-22(14-16-32)20-33-17-18-34-28-19-24(31(36)37)11-12-25(28)29(23-7-3-2-4-8-23)30(34)26-9-5-6-10-27(26)33/h5-6,9-12,19,22-23H,2-4,7-8,13-18,20H2,1H3,(H,36,37). The maximum absolute atomic E-state index is 11.9. The lowest BCUT2D eigenvalue weighted by molar-refractivity contribution is -0.130. The molecule has 1 amide bonds. The van der Waals surface area contributed by atoms with Crippen molar-refractivity contribution >= 4 is 28.5 Å². The first-order chi connectivity index (χ1) is 18.0. The van der Waals surface area contributed by atoms with Crippen LogP contribution >= 0.6 is 0 Å². The minimum absolute atomic E-state index is 0.181. The molecule has 0 unspecified atom stereocenters. The molecule has 3 aliphatic rings. The number of carboxylic acids is 1. The van der Waals surface area contributed by atoms with Crippen LogP contribution in [0.4, 0.5) is 5.69 Å². The summed E-state index contributed by atoms with van der Waals surface area (Å²) in [4.78, 5) is 28.2. The summed E-state index contributed by atoms with van der Waals surface area (Å²) < 4.78 is 2.42. The van der Waals surface area contributed by atoms with E-state index in [0.717, 1.165) is 51.1 Å². The summed E-state index contributed by atoms with van der Waals surface area (Å²) in [6, 6.07) is 14.6. The van der Waals surface area contributed by atoms with E-state index < -0.39 is 5.97 Å². The third-order valence-corrected chi connectivity index (χ3v) is 9.00. The number of hydrogen-bond donors (Lipinski definition) is 1. The Labute approximate surface area is 218 Å². The molecule has 3 aromatic rings. The van der Waals surface area contributed by atoms with Crippen LogP contribution in [0.15, 0.2) is 42.5 Å². The van der Waals surface area contributed by atoms with Gasteiger partial charge in [-0.2, -0.15) is 0 Å². The Bertz CT molecular complexity index is 1330. The number of carbonyl (C=O) groups excluding carboxylic acids is 1. The van der Waals surface area contributed by atoms with Gasteiger partial charge in [-0.3, -0.25) is 4.79 Å². The van der Waals surface area contributed by atoms with Gasteiger partial charge >= 0.3 is 5.97 Å². The molecule has 1 aliphatic carbocycles. The highest BCUT2D eigenvalue weighted by molar-refractivity contribution is 5.99. The fourth-order valence-electron chi connectivity index (χ4n) is 7.06. The van der Waals surface area contributed by atoms with Crippen molar-refractivity contribution in [3.8, 4) is 11.3 Å². The molecule has 1 aromatic heterocycles. The van der Waals surface area contributed by atoms with Crippen LogP contribution in [-0.4, -0.2) is 52.6 Å². The Hall–Kier alpha value is -3.28. The van der Waals surface area contributed by atoms with Crippen molar-refractivity contribution in [1.29, 1.82) is 0 Å². The van der Waals surface area contributed by atoms with Gasteiger partial charge in [0.05, 0.1) is 11.3 Å². The van der Waals surface area contributed by atoms with Crippen molar-refractivity contribution in [2.75, 3.05) is 31.1 Å². The van der Waals surface area contributed by atoms with Crippen LogP contribution in [-0.2, 0) is 11.3 Å². The number of anilines is 1. The maximum atomic E-state index is 11.9. The van der Waals surface area contributed by atoms with Gasteiger partial charge in [-0.25, -0.2) is 4.79 Å².